The van der Waals surface area contributed by atoms with Gasteiger partial charge in [0.25, 0.3) is 0 Å². The molecule has 0 aliphatic carbocycles. The highest BCUT2D eigenvalue weighted by molar-refractivity contribution is 5.97. The first-order valence-corrected chi connectivity index (χ1v) is 8.96. The van der Waals surface area contributed by atoms with Gasteiger partial charge < -0.3 is 15.0 Å². The van der Waals surface area contributed by atoms with E-state index in [9.17, 15) is 9.59 Å². The van der Waals surface area contributed by atoms with Crippen molar-refractivity contribution >= 4 is 17.5 Å². The molecule has 1 N–H and O–H groups in total. The van der Waals surface area contributed by atoms with Gasteiger partial charge in [0.1, 0.15) is 0 Å². The minimum atomic E-state index is -0.296. The minimum Gasteiger partial charge on any atom is -0.383 e. The summed E-state index contributed by atoms with van der Waals surface area (Å²) in [6.45, 7) is 8.63. The Balaban J connectivity index is 1.93. The third kappa shape index (κ3) is 5.54. The van der Waals surface area contributed by atoms with Crippen molar-refractivity contribution in [2.45, 2.75) is 26.8 Å². The molecular formula is C19H29N3O3. The Labute approximate surface area is 150 Å². The minimum absolute atomic E-state index is 0.0208. The van der Waals surface area contributed by atoms with Crippen LogP contribution in [0.1, 0.15) is 25.8 Å². The van der Waals surface area contributed by atoms with Crippen LogP contribution in [-0.2, 0) is 20.9 Å². The number of methoxy groups -OCH3 is 1. The molecule has 6 heteroatoms. The second-order valence-corrected chi connectivity index (χ2v) is 6.38. The molecule has 6 nitrogen and oxygen atoms in total. The van der Waals surface area contributed by atoms with Gasteiger partial charge in [0, 0.05) is 38.9 Å². The summed E-state index contributed by atoms with van der Waals surface area (Å²) in [6, 6.07) is 7.93. The van der Waals surface area contributed by atoms with Crippen LogP contribution < -0.4 is 5.32 Å². The van der Waals surface area contributed by atoms with E-state index in [1.54, 1.807) is 12.0 Å². The quantitative estimate of drug-likeness (QED) is 0.742. The topological polar surface area (TPSA) is 61.9 Å². The van der Waals surface area contributed by atoms with Crippen LogP contribution in [0.25, 0.3) is 0 Å². The molecule has 25 heavy (non-hydrogen) atoms. The fourth-order valence-corrected chi connectivity index (χ4v) is 3.06. The predicted octanol–water partition coefficient (Wildman–Crippen LogP) is 1.96. The average Bonchev–Trinajstić information content (AvgIpc) is 2.99. The second-order valence-electron chi connectivity index (χ2n) is 6.38. The molecule has 0 bridgehead atoms. The SMILES string of the molecule is CCN(CC)Cc1cccc(NC(=O)C2CC(=O)N(CCOC)C2)c1. The van der Waals surface area contributed by atoms with Crippen molar-refractivity contribution < 1.29 is 14.3 Å². The standard InChI is InChI=1S/C19H29N3O3/c1-4-21(5-2)13-15-7-6-8-17(11-15)20-19(24)16-12-18(23)22(14-16)9-10-25-3/h6-8,11,16H,4-5,9-10,12-14H2,1-3H3,(H,20,24). The maximum absolute atomic E-state index is 12.5. The van der Waals surface area contributed by atoms with Crippen LogP contribution in [0.5, 0.6) is 0 Å². The number of anilines is 1. The lowest BCUT2D eigenvalue weighted by Crippen LogP contribution is -2.30. The molecule has 1 fully saturated rings. The third-order valence-electron chi connectivity index (χ3n) is 4.65. The molecule has 2 amide bonds. The number of ether oxygens (including phenoxy) is 1. The zero-order chi connectivity index (χ0) is 18.2. The number of benzene rings is 1. The summed E-state index contributed by atoms with van der Waals surface area (Å²) in [5, 5.41) is 2.96. The summed E-state index contributed by atoms with van der Waals surface area (Å²) in [5.41, 5.74) is 1.96. The lowest BCUT2D eigenvalue weighted by molar-refractivity contribution is -0.128. The van der Waals surface area contributed by atoms with Crippen LogP contribution >= 0.6 is 0 Å². The van der Waals surface area contributed by atoms with E-state index in [0.29, 0.717) is 19.7 Å². The maximum atomic E-state index is 12.5. The molecule has 0 spiro atoms. The molecule has 0 saturated carbocycles. The predicted molar refractivity (Wildman–Crippen MR) is 98.3 cm³/mol. The van der Waals surface area contributed by atoms with Gasteiger partial charge in [0.2, 0.25) is 11.8 Å². The van der Waals surface area contributed by atoms with E-state index in [2.05, 4.69) is 30.1 Å². The molecule has 1 unspecified atom stereocenters. The van der Waals surface area contributed by atoms with Gasteiger partial charge in [-0.25, -0.2) is 0 Å². The first kappa shape index (κ1) is 19.4. The number of nitrogens with zero attached hydrogens (tertiary/aromatic N) is 2. The number of nitrogens with one attached hydrogen (secondary N) is 1. The van der Waals surface area contributed by atoms with Gasteiger partial charge in [-0.3, -0.25) is 14.5 Å². The Morgan fingerprint density at radius 2 is 2.12 bits per heavy atom. The summed E-state index contributed by atoms with van der Waals surface area (Å²) in [5.74, 6) is -0.364. The van der Waals surface area contributed by atoms with Crippen LogP contribution in [0, 0.1) is 5.92 Å². The Hall–Kier alpha value is -1.92. The molecule has 1 aliphatic rings. The van der Waals surface area contributed by atoms with Gasteiger partial charge in [0.05, 0.1) is 12.5 Å². The Bertz CT molecular complexity index is 587. The molecule has 1 atom stereocenters. The molecule has 0 aromatic heterocycles. The molecule has 1 aliphatic heterocycles. The highest BCUT2D eigenvalue weighted by Gasteiger charge is 2.33. The molecular weight excluding hydrogens is 318 g/mol. The van der Waals surface area contributed by atoms with Crippen molar-refractivity contribution in [1.29, 1.82) is 0 Å². The largest absolute Gasteiger partial charge is 0.383 e. The Morgan fingerprint density at radius 1 is 1.36 bits per heavy atom. The summed E-state index contributed by atoms with van der Waals surface area (Å²) in [4.78, 5) is 28.5. The molecule has 0 radical (unpaired) electrons. The number of rotatable bonds is 9. The molecule has 1 heterocycles. The zero-order valence-corrected chi connectivity index (χ0v) is 15.5. The van der Waals surface area contributed by atoms with E-state index in [1.165, 1.54) is 5.56 Å². The van der Waals surface area contributed by atoms with E-state index >= 15 is 0 Å². The van der Waals surface area contributed by atoms with Gasteiger partial charge >= 0.3 is 0 Å². The number of hydrogen-bond donors (Lipinski definition) is 1. The van der Waals surface area contributed by atoms with E-state index < -0.39 is 0 Å². The van der Waals surface area contributed by atoms with Gasteiger partial charge in [-0.15, -0.1) is 0 Å². The van der Waals surface area contributed by atoms with Gasteiger partial charge in [-0.2, -0.15) is 0 Å². The first-order chi connectivity index (χ1) is 12.1. The van der Waals surface area contributed by atoms with E-state index in [1.807, 2.05) is 18.2 Å². The lowest BCUT2D eigenvalue weighted by Gasteiger charge is -2.19. The third-order valence-corrected chi connectivity index (χ3v) is 4.65. The zero-order valence-electron chi connectivity index (χ0n) is 15.5. The van der Waals surface area contributed by atoms with Crippen molar-refractivity contribution in [2.75, 3.05) is 45.2 Å². The summed E-state index contributed by atoms with van der Waals surface area (Å²) < 4.78 is 5.01. The first-order valence-electron chi connectivity index (χ1n) is 8.96. The highest BCUT2D eigenvalue weighted by Crippen LogP contribution is 2.20. The van der Waals surface area contributed by atoms with Crippen LogP contribution in [0.3, 0.4) is 0 Å². The molecule has 138 valence electrons. The molecule has 1 saturated heterocycles. The average molecular weight is 347 g/mol. The van der Waals surface area contributed by atoms with Crippen LogP contribution in [0.2, 0.25) is 0 Å². The Morgan fingerprint density at radius 3 is 2.80 bits per heavy atom. The van der Waals surface area contributed by atoms with Crippen LogP contribution in [-0.4, -0.2) is 61.5 Å². The van der Waals surface area contributed by atoms with Crippen molar-refractivity contribution in [1.82, 2.24) is 9.80 Å². The Kier molecular flexibility index (Phi) is 7.40. The summed E-state index contributed by atoms with van der Waals surface area (Å²) >= 11 is 0. The second kappa shape index (κ2) is 9.53. The fourth-order valence-electron chi connectivity index (χ4n) is 3.06. The smallest absolute Gasteiger partial charge is 0.229 e. The van der Waals surface area contributed by atoms with Gasteiger partial charge in [-0.1, -0.05) is 26.0 Å². The van der Waals surface area contributed by atoms with Gasteiger partial charge in [0.15, 0.2) is 0 Å². The van der Waals surface area contributed by atoms with Crippen molar-refractivity contribution in [3.8, 4) is 0 Å². The van der Waals surface area contributed by atoms with Crippen LogP contribution in [0.15, 0.2) is 24.3 Å². The van der Waals surface area contributed by atoms with Crippen molar-refractivity contribution in [2.24, 2.45) is 5.92 Å². The number of likely N-dealkylation sites (tertiary alicyclic amines) is 1. The van der Waals surface area contributed by atoms with Crippen molar-refractivity contribution in [3.05, 3.63) is 29.8 Å². The molecule has 2 rings (SSSR count). The normalized spacial score (nSPS) is 17.4. The maximum Gasteiger partial charge on any atom is 0.229 e. The number of amides is 2. The van der Waals surface area contributed by atoms with E-state index in [0.717, 1.165) is 25.3 Å². The number of carbonyl (C=O) groups is 2. The molecule has 1 aromatic carbocycles. The van der Waals surface area contributed by atoms with Gasteiger partial charge in [-0.05, 0) is 30.8 Å². The molecule has 1 aromatic rings. The number of hydrogen-bond acceptors (Lipinski definition) is 4. The fraction of sp³-hybridized carbons (Fsp3) is 0.579. The summed E-state index contributed by atoms with van der Waals surface area (Å²) in [7, 11) is 1.61. The van der Waals surface area contributed by atoms with E-state index in [4.69, 9.17) is 4.74 Å². The highest BCUT2D eigenvalue weighted by atomic mass is 16.5. The van der Waals surface area contributed by atoms with Crippen LogP contribution in [0.4, 0.5) is 5.69 Å². The monoisotopic (exact) mass is 347 g/mol. The lowest BCUT2D eigenvalue weighted by atomic mass is 10.1. The number of carbonyl (C=O) groups excluding carboxylic acids is 2. The van der Waals surface area contributed by atoms with Crippen molar-refractivity contribution in [3.63, 3.8) is 0 Å². The van der Waals surface area contributed by atoms with E-state index in [-0.39, 0.29) is 24.2 Å². The summed E-state index contributed by atoms with van der Waals surface area (Å²) in [6.07, 6.45) is 0.273.